The van der Waals surface area contributed by atoms with Gasteiger partial charge in [0.1, 0.15) is 0 Å². The quantitative estimate of drug-likeness (QED) is 0.527. The summed E-state index contributed by atoms with van der Waals surface area (Å²) >= 11 is 1.51. The van der Waals surface area contributed by atoms with Crippen LogP contribution in [0.4, 0.5) is 10.5 Å². The Bertz CT molecular complexity index is 523. The average molecular weight is 352 g/mol. The highest BCUT2D eigenvalue weighted by molar-refractivity contribution is 7.99. The summed E-state index contributed by atoms with van der Waals surface area (Å²) in [6, 6.07) is 7.39. The van der Waals surface area contributed by atoms with Crippen LogP contribution in [0, 0.1) is 5.92 Å². The number of carbonyl (C=O) groups is 2. The van der Waals surface area contributed by atoms with Crippen molar-refractivity contribution in [2.45, 2.75) is 50.8 Å². The molecule has 1 unspecified atom stereocenters. The average Bonchev–Trinajstić information content (AvgIpc) is 2.56. The highest BCUT2D eigenvalue weighted by Gasteiger charge is 2.10. The molecule has 134 valence electrons. The third kappa shape index (κ3) is 8.24. The third-order valence-electron chi connectivity index (χ3n) is 3.84. The van der Waals surface area contributed by atoms with Gasteiger partial charge in [0.05, 0.1) is 5.69 Å². The summed E-state index contributed by atoms with van der Waals surface area (Å²) in [6.07, 6.45) is 4.91. The van der Waals surface area contributed by atoms with E-state index in [0.717, 1.165) is 23.4 Å². The summed E-state index contributed by atoms with van der Waals surface area (Å²) in [5.74, 6) is 0.809. The molecule has 1 aromatic carbocycles. The summed E-state index contributed by atoms with van der Waals surface area (Å²) in [4.78, 5) is 23.9. The van der Waals surface area contributed by atoms with Gasteiger partial charge in [0.2, 0.25) is 5.91 Å². The Labute approximate surface area is 149 Å². The second-order valence-electron chi connectivity index (χ2n) is 5.81. The molecule has 24 heavy (non-hydrogen) atoms. The van der Waals surface area contributed by atoms with Crippen LogP contribution in [0.25, 0.3) is 0 Å². The normalized spacial score (nSPS) is 11.8. The summed E-state index contributed by atoms with van der Waals surface area (Å²) in [6.45, 7) is 5.03. The van der Waals surface area contributed by atoms with Gasteiger partial charge in [-0.2, -0.15) is 0 Å². The minimum atomic E-state index is -0.316. The number of anilines is 1. The number of rotatable bonds is 11. The SMILES string of the molecule is CCCCC(CC)CNC(=O)Nc1ccccc1SCCC(N)=O. The van der Waals surface area contributed by atoms with E-state index in [4.69, 9.17) is 5.73 Å². The van der Waals surface area contributed by atoms with Crippen LogP contribution in [0.2, 0.25) is 0 Å². The third-order valence-corrected chi connectivity index (χ3v) is 4.91. The number of hydrogen-bond donors (Lipinski definition) is 3. The first-order valence-electron chi connectivity index (χ1n) is 8.61. The van der Waals surface area contributed by atoms with Gasteiger partial charge in [-0.3, -0.25) is 4.79 Å². The lowest BCUT2D eigenvalue weighted by Crippen LogP contribution is -2.33. The van der Waals surface area contributed by atoms with Crippen molar-refractivity contribution >= 4 is 29.4 Å². The number of primary amides is 1. The summed E-state index contributed by atoms with van der Waals surface area (Å²) in [7, 11) is 0. The lowest BCUT2D eigenvalue weighted by molar-refractivity contribution is -0.117. The number of hydrogen-bond acceptors (Lipinski definition) is 3. The molecule has 1 atom stereocenters. The van der Waals surface area contributed by atoms with Gasteiger partial charge in [0.25, 0.3) is 0 Å². The van der Waals surface area contributed by atoms with Gasteiger partial charge >= 0.3 is 6.03 Å². The fourth-order valence-corrected chi connectivity index (χ4v) is 3.28. The first kappa shape index (κ1) is 20.4. The van der Waals surface area contributed by atoms with Crippen molar-refractivity contribution in [3.8, 4) is 0 Å². The van der Waals surface area contributed by atoms with Crippen LogP contribution >= 0.6 is 11.8 Å². The number of para-hydroxylation sites is 1. The lowest BCUT2D eigenvalue weighted by atomic mass is 9.99. The fraction of sp³-hybridized carbons (Fsp3) is 0.556. The molecule has 0 aromatic heterocycles. The molecule has 0 spiro atoms. The van der Waals surface area contributed by atoms with Gasteiger partial charge < -0.3 is 16.4 Å². The Kier molecular flexibility index (Phi) is 10.00. The Morgan fingerprint density at radius 3 is 2.67 bits per heavy atom. The fourth-order valence-electron chi connectivity index (χ4n) is 2.30. The molecule has 0 fully saturated rings. The van der Waals surface area contributed by atoms with E-state index in [2.05, 4.69) is 24.5 Å². The molecule has 0 saturated heterocycles. The van der Waals surface area contributed by atoms with E-state index in [1.165, 1.54) is 24.6 Å². The molecular formula is C18H29N3O2S. The number of urea groups is 1. The number of carbonyl (C=O) groups excluding carboxylic acids is 2. The van der Waals surface area contributed by atoms with Crippen molar-refractivity contribution < 1.29 is 9.59 Å². The molecule has 0 radical (unpaired) electrons. The van der Waals surface area contributed by atoms with Gasteiger partial charge in [-0.15, -0.1) is 11.8 Å². The van der Waals surface area contributed by atoms with Crippen molar-refractivity contribution in [2.24, 2.45) is 11.7 Å². The molecule has 0 aliphatic heterocycles. The molecule has 0 aliphatic rings. The van der Waals surface area contributed by atoms with E-state index in [1.807, 2.05) is 24.3 Å². The van der Waals surface area contributed by atoms with Crippen molar-refractivity contribution in [1.29, 1.82) is 0 Å². The Hall–Kier alpha value is -1.69. The van der Waals surface area contributed by atoms with Gasteiger partial charge in [0, 0.05) is 23.6 Å². The number of benzene rings is 1. The van der Waals surface area contributed by atoms with E-state index >= 15 is 0 Å². The molecule has 3 amide bonds. The maximum atomic E-state index is 12.1. The van der Waals surface area contributed by atoms with Gasteiger partial charge in [0.15, 0.2) is 0 Å². The highest BCUT2D eigenvalue weighted by Crippen LogP contribution is 2.27. The van der Waals surface area contributed by atoms with Gasteiger partial charge in [-0.05, 0) is 24.5 Å². The Morgan fingerprint density at radius 1 is 1.25 bits per heavy atom. The van der Waals surface area contributed by atoms with Crippen LogP contribution in [-0.2, 0) is 4.79 Å². The van der Waals surface area contributed by atoms with Gasteiger partial charge in [-0.1, -0.05) is 45.2 Å². The van der Waals surface area contributed by atoms with Crippen LogP contribution < -0.4 is 16.4 Å². The largest absolute Gasteiger partial charge is 0.370 e. The molecular weight excluding hydrogens is 322 g/mol. The number of nitrogens with one attached hydrogen (secondary N) is 2. The first-order valence-corrected chi connectivity index (χ1v) is 9.60. The molecule has 0 heterocycles. The second-order valence-corrected chi connectivity index (χ2v) is 6.95. The number of amides is 3. The van der Waals surface area contributed by atoms with Crippen LogP contribution in [-0.4, -0.2) is 24.2 Å². The molecule has 4 N–H and O–H groups in total. The molecule has 0 aliphatic carbocycles. The Morgan fingerprint density at radius 2 is 2.00 bits per heavy atom. The van der Waals surface area contributed by atoms with Crippen LogP contribution in [0.3, 0.4) is 0 Å². The standard InChI is InChI=1S/C18H29N3O2S/c1-3-5-8-14(4-2)13-20-18(23)21-15-9-6-7-10-16(15)24-12-11-17(19)22/h6-7,9-10,14H,3-5,8,11-13H2,1-2H3,(H2,19,22)(H2,20,21,23). The summed E-state index contributed by atoms with van der Waals surface area (Å²) < 4.78 is 0. The number of thioether (sulfide) groups is 1. The maximum absolute atomic E-state index is 12.1. The van der Waals surface area contributed by atoms with Crippen molar-refractivity contribution in [3.05, 3.63) is 24.3 Å². The van der Waals surface area contributed by atoms with Crippen LogP contribution in [0.5, 0.6) is 0 Å². The topological polar surface area (TPSA) is 84.2 Å². The minimum Gasteiger partial charge on any atom is -0.370 e. The maximum Gasteiger partial charge on any atom is 0.319 e. The number of unbranched alkanes of at least 4 members (excludes halogenated alkanes) is 1. The zero-order valence-corrected chi connectivity index (χ0v) is 15.5. The zero-order valence-electron chi connectivity index (χ0n) is 14.6. The van der Waals surface area contributed by atoms with Crippen molar-refractivity contribution in [1.82, 2.24) is 5.32 Å². The Balaban J connectivity index is 2.49. The smallest absolute Gasteiger partial charge is 0.319 e. The molecule has 5 nitrogen and oxygen atoms in total. The lowest BCUT2D eigenvalue weighted by Gasteiger charge is -2.16. The first-order chi connectivity index (χ1) is 11.6. The van der Waals surface area contributed by atoms with Crippen molar-refractivity contribution in [3.63, 3.8) is 0 Å². The predicted octanol–water partition coefficient (Wildman–Crippen LogP) is 3.99. The molecule has 1 rings (SSSR count). The highest BCUT2D eigenvalue weighted by atomic mass is 32.2. The van der Waals surface area contributed by atoms with E-state index in [0.29, 0.717) is 24.6 Å². The van der Waals surface area contributed by atoms with E-state index < -0.39 is 0 Å². The van der Waals surface area contributed by atoms with Crippen LogP contribution in [0.15, 0.2) is 29.2 Å². The zero-order chi connectivity index (χ0) is 17.8. The monoisotopic (exact) mass is 351 g/mol. The number of nitrogens with two attached hydrogens (primary N) is 1. The van der Waals surface area contributed by atoms with E-state index in [9.17, 15) is 9.59 Å². The molecule has 0 bridgehead atoms. The predicted molar refractivity (Wildman–Crippen MR) is 101 cm³/mol. The molecule has 1 aromatic rings. The second kappa shape index (κ2) is 11.8. The van der Waals surface area contributed by atoms with Crippen molar-refractivity contribution in [2.75, 3.05) is 17.6 Å². The summed E-state index contributed by atoms with van der Waals surface area (Å²) in [5, 5.41) is 5.86. The minimum absolute atomic E-state index is 0.187. The molecule has 0 saturated carbocycles. The van der Waals surface area contributed by atoms with E-state index in [1.54, 1.807) is 0 Å². The summed E-state index contributed by atoms with van der Waals surface area (Å²) in [5.41, 5.74) is 5.91. The molecule has 6 heteroatoms. The van der Waals surface area contributed by atoms with Crippen LogP contribution in [0.1, 0.15) is 46.0 Å². The van der Waals surface area contributed by atoms with E-state index in [-0.39, 0.29) is 11.9 Å². The van der Waals surface area contributed by atoms with Gasteiger partial charge in [-0.25, -0.2) is 4.79 Å².